The Hall–Kier alpha value is 0.0838. The van der Waals surface area contributed by atoms with Crippen LogP contribution in [0.5, 0.6) is 0 Å². The van der Waals surface area contributed by atoms with Gasteiger partial charge in [0.1, 0.15) is 0 Å². The van der Waals surface area contributed by atoms with Crippen molar-refractivity contribution in [2.45, 2.75) is 69.2 Å². The van der Waals surface area contributed by atoms with Crippen LogP contribution >= 0.6 is 0 Å². The van der Waals surface area contributed by atoms with Gasteiger partial charge in [0.25, 0.3) is 0 Å². The molecule has 19 heavy (non-hydrogen) atoms. The molecule has 0 N–H and O–H groups in total. The second-order valence-corrected chi connectivity index (χ2v) is 8.78. The molecular formula is C12H25F5Si2. The average molecular weight is 320 g/mol. The molecule has 0 saturated heterocycles. The fourth-order valence-electron chi connectivity index (χ4n) is 2.00. The van der Waals surface area contributed by atoms with Crippen LogP contribution in [-0.4, -0.2) is 31.4 Å². The Kier molecular flexibility index (Phi) is 11.9. The quantitative estimate of drug-likeness (QED) is 0.196. The summed E-state index contributed by atoms with van der Waals surface area (Å²) in [5, 5.41) is 0. The van der Waals surface area contributed by atoms with Gasteiger partial charge in [0.2, 0.25) is 0 Å². The van der Waals surface area contributed by atoms with E-state index in [0.29, 0.717) is 31.7 Å². The molecule has 1 unspecified atom stereocenters. The second-order valence-electron chi connectivity index (χ2n) is 5.06. The topological polar surface area (TPSA) is 0 Å². The average Bonchev–Trinajstić information content (AvgIpc) is 2.31. The summed E-state index contributed by atoms with van der Waals surface area (Å²) in [5.41, 5.74) is 0. The van der Waals surface area contributed by atoms with Crippen molar-refractivity contribution in [3.8, 4) is 0 Å². The lowest BCUT2D eigenvalue weighted by molar-refractivity contribution is 0.323. The first-order valence-electron chi connectivity index (χ1n) is 7.22. The van der Waals surface area contributed by atoms with E-state index in [1.54, 1.807) is 0 Å². The van der Waals surface area contributed by atoms with E-state index in [9.17, 15) is 21.1 Å². The predicted molar refractivity (Wildman–Crippen MR) is 75.2 cm³/mol. The molecule has 0 nitrogen and oxygen atoms in total. The third-order valence-electron chi connectivity index (χ3n) is 3.13. The van der Waals surface area contributed by atoms with Gasteiger partial charge in [-0.15, -0.1) is 0 Å². The number of rotatable bonds is 13. The minimum absolute atomic E-state index is 0.270. The zero-order valence-corrected chi connectivity index (χ0v) is 13.9. The van der Waals surface area contributed by atoms with E-state index in [4.69, 9.17) is 0 Å². The number of halogens is 5. The Balaban J connectivity index is 3.18. The van der Waals surface area contributed by atoms with Gasteiger partial charge in [-0.1, -0.05) is 25.3 Å². The van der Waals surface area contributed by atoms with Crippen LogP contribution in [0.2, 0.25) is 18.1 Å². The summed E-state index contributed by atoms with van der Waals surface area (Å²) in [6.45, 7) is -0.370. The van der Waals surface area contributed by atoms with Crippen LogP contribution in [0.3, 0.4) is 0 Å². The highest BCUT2D eigenvalue weighted by Crippen LogP contribution is 2.19. The van der Waals surface area contributed by atoms with E-state index in [2.05, 4.69) is 0 Å². The molecule has 0 saturated carbocycles. The molecule has 116 valence electrons. The molecule has 7 heteroatoms. The molecule has 0 aromatic carbocycles. The van der Waals surface area contributed by atoms with Gasteiger partial charge < -0.3 is 0 Å². The van der Waals surface area contributed by atoms with Gasteiger partial charge >= 0.3 is 9.08 Å². The SMILES string of the molecule is FCCCCC(F)C[SiH2]CCCCCC[Si](F)(F)F. The van der Waals surface area contributed by atoms with E-state index in [1.807, 2.05) is 0 Å². The summed E-state index contributed by atoms with van der Waals surface area (Å²) < 4.78 is 61.0. The lowest BCUT2D eigenvalue weighted by atomic mass is 10.2. The summed E-state index contributed by atoms with van der Waals surface area (Å²) in [5.74, 6) is 0. The first kappa shape index (κ1) is 19.1. The smallest absolute Gasteiger partial charge is 0.251 e. The molecule has 0 rings (SSSR count). The summed E-state index contributed by atoms with van der Waals surface area (Å²) >= 11 is 0. The normalized spacial score (nSPS) is 14.4. The minimum atomic E-state index is -5.33. The van der Waals surface area contributed by atoms with Crippen LogP contribution in [0.25, 0.3) is 0 Å². The Morgan fingerprint density at radius 3 is 2.21 bits per heavy atom. The van der Waals surface area contributed by atoms with Gasteiger partial charge in [-0.05, 0) is 31.7 Å². The fourth-order valence-corrected chi connectivity index (χ4v) is 4.38. The zero-order chi connectivity index (χ0) is 14.6. The predicted octanol–water partition coefficient (Wildman–Crippen LogP) is 4.88. The molecule has 0 radical (unpaired) electrons. The first-order valence-corrected chi connectivity index (χ1v) is 11.1. The molecule has 1 atom stereocenters. The van der Waals surface area contributed by atoms with Gasteiger partial charge in [-0.2, -0.15) is 0 Å². The van der Waals surface area contributed by atoms with Crippen molar-refractivity contribution in [2.75, 3.05) is 6.67 Å². The van der Waals surface area contributed by atoms with Gasteiger partial charge in [-0.25, -0.2) is 16.7 Å². The van der Waals surface area contributed by atoms with Gasteiger partial charge in [0.05, 0.1) is 12.8 Å². The molecular weight excluding hydrogens is 295 g/mol. The maximum atomic E-state index is 13.3. The largest absolute Gasteiger partial charge is 0.616 e. The van der Waals surface area contributed by atoms with Crippen molar-refractivity contribution in [2.24, 2.45) is 0 Å². The molecule has 0 bridgehead atoms. The van der Waals surface area contributed by atoms with E-state index >= 15 is 0 Å². The van der Waals surface area contributed by atoms with Crippen LogP contribution in [0.15, 0.2) is 0 Å². The van der Waals surface area contributed by atoms with Crippen LogP contribution in [0, 0.1) is 0 Å². The second kappa shape index (κ2) is 11.9. The number of hydrogen-bond acceptors (Lipinski definition) is 0. The summed E-state index contributed by atoms with van der Waals surface area (Å²) in [6, 6.07) is 1.11. The Morgan fingerprint density at radius 2 is 1.58 bits per heavy atom. The van der Waals surface area contributed by atoms with Crippen molar-refractivity contribution >= 4 is 18.6 Å². The fraction of sp³-hybridized carbons (Fsp3) is 1.00. The van der Waals surface area contributed by atoms with Gasteiger partial charge in [0.15, 0.2) is 0 Å². The van der Waals surface area contributed by atoms with E-state index in [-0.39, 0.29) is 13.1 Å². The van der Waals surface area contributed by atoms with Crippen LogP contribution < -0.4 is 0 Å². The van der Waals surface area contributed by atoms with E-state index in [0.717, 1.165) is 18.9 Å². The van der Waals surface area contributed by atoms with Crippen molar-refractivity contribution < 1.29 is 21.1 Å². The molecule has 0 spiro atoms. The highest BCUT2D eigenvalue weighted by atomic mass is 28.5. The monoisotopic (exact) mass is 320 g/mol. The molecule has 0 aromatic rings. The maximum absolute atomic E-state index is 13.3. The Morgan fingerprint density at radius 1 is 0.895 bits per heavy atom. The van der Waals surface area contributed by atoms with Crippen LogP contribution in [0.4, 0.5) is 21.1 Å². The van der Waals surface area contributed by atoms with Gasteiger partial charge in [-0.3, -0.25) is 4.39 Å². The lowest BCUT2D eigenvalue weighted by Gasteiger charge is -2.07. The number of hydrogen-bond donors (Lipinski definition) is 0. The molecule has 0 fully saturated rings. The molecule has 0 aromatic heterocycles. The third-order valence-corrected chi connectivity index (χ3v) is 6.08. The Bertz CT molecular complexity index is 199. The van der Waals surface area contributed by atoms with Gasteiger partial charge in [0, 0.05) is 15.6 Å². The number of alkyl halides is 2. The summed E-state index contributed by atoms with van der Waals surface area (Å²) in [7, 11) is -5.75. The van der Waals surface area contributed by atoms with Crippen LogP contribution in [0.1, 0.15) is 44.9 Å². The molecule has 0 aliphatic rings. The molecule has 0 aliphatic heterocycles. The Labute approximate surface area is 116 Å². The number of unbranched alkanes of at least 4 members (excludes halogenated alkanes) is 4. The van der Waals surface area contributed by atoms with E-state index < -0.39 is 30.8 Å². The molecule has 0 aliphatic carbocycles. The third kappa shape index (κ3) is 16.0. The molecule has 0 amide bonds. The summed E-state index contributed by atoms with van der Waals surface area (Å²) in [6.07, 6.45) is 3.46. The maximum Gasteiger partial charge on any atom is 0.616 e. The summed E-state index contributed by atoms with van der Waals surface area (Å²) in [4.78, 5) is 0. The minimum Gasteiger partial charge on any atom is -0.251 e. The van der Waals surface area contributed by atoms with Crippen molar-refractivity contribution in [1.82, 2.24) is 0 Å². The van der Waals surface area contributed by atoms with Crippen molar-refractivity contribution in [1.29, 1.82) is 0 Å². The van der Waals surface area contributed by atoms with Crippen molar-refractivity contribution in [3.05, 3.63) is 0 Å². The van der Waals surface area contributed by atoms with Crippen molar-refractivity contribution in [3.63, 3.8) is 0 Å². The lowest BCUT2D eigenvalue weighted by Crippen LogP contribution is -2.13. The highest BCUT2D eigenvalue weighted by Gasteiger charge is 2.35. The van der Waals surface area contributed by atoms with E-state index in [1.165, 1.54) is 0 Å². The van der Waals surface area contributed by atoms with Crippen LogP contribution in [-0.2, 0) is 0 Å². The zero-order valence-electron chi connectivity index (χ0n) is 11.5. The highest BCUT2D eigenvalue weighted by molar-refractivity contribution is 6.58. The molecule has 0 heterocycles. The first-order chi connectivity index (χ1) is 8.95. The standard InChI is InChI=1S/C12H25F5Si2/c13-8-4-3-7-12(14)11-18-9-5-1-2-6-10-19(15,16)17/h12H,1-11,18H2.